The number of alkyl carbamates (subject to hydrolysis) is 1. The number of ether oxygens (including phenoxy) is 1. The van der Waals surface area contributed by atoms with Crippen molar-refractivity contribution in [1.82, 2.24) is 14.8 Å². The van der Waals surface area contributed by atoms with Gasteiger partial charge in [0.2, 0.25) is 0 Å². The van der Waals surface area contributed by atoms with E-state index < -0.39 is 12.2 Å². The van der Waals surface area contributed by atoms with Gasteiger partial charge in [-0.1, -0.05) is 30.3 Å². The van der Waals surface area contributed by atoms with E-state index in [1.807, 2.05) is 30.3 Å². The van der Waals surface area contributed by atoms with Crippen molar-refractivity contribution in [2.45, 2.75) is 25.2 Å². The average molecular weight is 451 g/mol. The first-order valence-corrected chi connectivity index (χ1v) is 11.2. The number of amides is 1. The smallest absolute Gasteiger partial charge is 0.407 e. The molecule has 1 unspecified atom stereocenters. The van der Waals surface area contributed by atoms with Crippen LogP contribution in [-0.2, 0) is 17.9 Å². The minimum atomic E-state index is -0.605. The summed E-state index contributed by atoms with van der Waals surface area (Å²) in [7, 11) is 0. The van der Waals surface area contributed by atoms with E-state index in [0.29, 0.717) is 43.8 Å². The molecule has 0 spiro atoms. The molecule has 3 atom stereocenters. The molecule has 2 N–H and O–H groups in total. The lowest BCUT2D eigenvalue weighted by molar-refractivity contribution is 0.124. The van der Waals surface area contributed by atoms with Crippen molar-refractivity contribution in [2.24, 2.45) is 5.92 Å². The van der Waals surface area contributed by atoms with Gasteiger partial charge in [0.15, 0.2) is 0 Å². The first kappa shape index (κ1) is 21.6. The molecule has 0 bridgehead atoms. The van der Waals surface area contributed by atoms with Crippen LogP contribution < -0.4 is 10.9 Å². The quantitative estimate of drug-likeness (QED) is 0.602. The summed E-state index contributed by atoms with van der Waals surface area (Å²) in [6, 6.07) is 15.8. The number of pyridine rings is 1. The van der Waals surface area contributed by atoms with Crippen molar-refractivity contribution in [3.05, 3.63) is 81.9 Å². The van der Waals surface area contributed by atoms with E-state index in [-0.39, 0.29) is 29.8 Å². The fraction of sp³-hybridized carbons (Fsp3) is 0.360. The van der Waals surface area contributed by atoms with Gasteiger partial charge in [-0.05, 0) is 29.1 Å². The van der Waals surface area contributed by atoms with Crippen LogP contribution in [0.1, 0.15) is 17.0 Å². The molecule has 2 aliphatic heterocycles. The Morgan fingerprint density at radius 3 is 2.70 bits per heavy atom. The van der Waals surface area contributed by atoms with Gasteiger partial charge in [-0.25, -0.2) is 9.18 Å². The Morgan fingerprint density at radius 2 is 1.88 bits per heavy atom. The number of aliphatic hydroxyl groups excluding tert-OH is 1. The predicted molar refractivity (Wildman–Crippen MR) is 121 cm³/mol. The normalized spacial score (nSPS) is 22.1. The Bertz CT molecular complexity index is 1230. The maximum Gasteiger partial charge on any atom is 0.407 e. The molecule has 3 aromatic rings. The minimum Gasteiger partial charge on any atom is -0.445 e. The van der Waals surface area contributed by atoms with E-state index in [4.69, 9.17) is 4.74 Å². The van der Waals surface area contributed by atoms with Crippen LogP contribution in [0.2, 0.25) is 0 Å². The van der Waals surface area contributed by atoms with Crippen LogP contribution in [-0.4, -0.2) is 52.9 Å². The third kappa shape index (κ3) is 4.36. The number of nitrogens with one attached hydrogen (secondary N) is 1. The molecule has 7 nitrogen and oxygen atoms in total. The van der Waals surface area contributed by atoms with Crippen LogP contribution in [0.4, 0.5) is 9.18 Å². The van der Waals surface area contributed by atoms with Gasteiger partial charge in [-0.3, -0.25) is 9.69 Å². The van der Waals surface area contributed by atoms with Crippen molar-refractivity contribution in [1.29, 1.82) is 0 Å². The predicted octanol–water partition coefficient (Wildman–Crippen LogP) is 2.46. The van der Waals surface area contributed by atoms with E-state index in [1.54, 1.807) is 16.7 Å². The molecule has 1 aromatic heterocycles. The second-order valence-corrected chi connectivity index (χ2v) is 8.87. The number of carbonyl (C=O) groups is 1. The molecule has 0 saturated carbocycles. The highest BCUT2D eigenvalue weighted by Gasteiger charge is 2.36. The van der Waals surface area contributed by atoms with Gasteiger partial charge in [0.05, 0.1) is 11.6 Å². The highest BCUT2D eigenvalue weighted by atomic mass is 19.1. The van der Waals surface area contributed by atoms with E-state index in [2.05, 4.69) is 10.2 Å². The van der Waals surface area contributed by atoms with Gasteiger partial charge in [-0.2, -0.15) is 0 Å². The monoisotopic (exact) mass is 451 g/mol. The number of rotatable bonds is 6. The highest BCUT2D eigenvalue weighted by molar-refractivity contribution is 5.84. The molecule has 0 aliphatic carbocycles. The molecule has 33 heavy (non-hydrogen) atoms. The van der Waals surface area contributed by atoms with E-state index in [1.165, 1.54) is 12.1 Å². The molecular formula is C25H26FN3O4. The van der Waals surface area contributed by atoms with Gasteiger partial charge in [-0.15, -0.1) is 0 Å². The fourth-order valence-electron chi connectivity index (χ4n) is 5.02. The van der Waals surface area contributed by atoms with Crippen molar-refractivity contribution >= 4 is 17.0 Å². The van der Waals surface area contributed by atoms with Crippen molar-refractivity contribution < 1.29 is 19.0 Å². The molecular weight excluding hydrogens is 425 g/mol. The Labute approximate surface area is 190 Å². The highest BCUT2D eigenvalue weighted by Crippen LogP contribution is 2.36. The standard InChI is InChI=1S/C25H26FN3O4/c26-20-8-6-17-7-9-22(31)29-13-19(23(20)24(17)29)12-28-11-18(21(30)14-28)10-27-25(32)33-15-16-4-2-1-3-5-16/h1-9,18-19,21,30H,10-15H2,(H,27,32)/t18-,19?,21+/m0/s1. The average Bonchev–Trinajstić information content (AvgIpc) is 3.37. The Kier molecular flexibility index (Phi) is 5.86. The van der Waals surface area contributed by atoms with Crippen LogP contribution in [0.15, 0.2) is 59.4 Å². The van der Waals surface area contributed by atoms with Gasteiger partial charge < -0.3 is 19.7 Å². The van der Waals surface area contributed by atoms with Gasteiger partial charge in [0.1, 0.15) is 12.4 Å². The van der Waals surface area contributed by atoms with E-state index >= 15 is 0 Å². The number of aromatic nitrogens is 1. The summed E-state index contributed by atoms with van der Waals surface area (Å²) in [6.07, 6.45) is -1.13. The summed E-state index contributed by atoms with van der Waals surface area (Å²) in [5, 5.41) is 14.1. The largest absolute Gasteiger partial charge is 0.445 e. The van der Waals surface area contributed by atoms with Gasteiger partial charge in [0.25, 0.3) is 5.56 Å². The molecule has 1 saturated heterocycles. The summed E-state index contributed by atoms with van der Waals surface area (Å²) in [4.78, 5) is 26.4. The van der Waals surface area contributed by atoms with Crippen LogP contribution in [0.5, 0.6) is 0 Å². The molecule has 2 aromatic carbocycles. The number of β-amino-alcohol motifs (C(OH)–C–C–N with tert-alkyl or cyclic N) is 1. The van der Waals surface area contributed by atoms with Gasteiger partial charge >= 0.3 is 6.09 Å². The molecule has 8 heteroatoms. The Hall–Kier alpha value is -3.23. The molecule has 5 rings (SSSR count). The van der Waals surface area contributed by atoms with E-state index in [0.717, 1.165) is 10.9 Å². The van der Waals surface area contributed by atoms with Crippen molar-refractivity contribution in [3.8, 4) is 0 Å². The second kappa shape index (κ2) is 8.96. The second-order valence-electron chi connectivity index (χ2n) is 8.87. The lowest BCUT2D eigenvalue weighted by Crippen LogP contribution is -2.34. The Balaban J connectivity index is 1.18. The number of carbonyl (C=O) groups excluding carboxylic acids is 1. The Morgan fingerprint density at radius 1 is 1.09 bits per heavy atom. The lowest BCUT2D eigenvalue weighted by atomic mass is 9.98. The van der Waals surface area contributed by atoms with Crippen molar-refractivity contribution in [2.75, 3.05) is 26.2 Å². The zero-order valence-corrected chi connectivity index (χ0v) is 18.1. The zero-order chi connectivity index (χ0) is 22.9. The summed E-state index contributed by atoms with van der Waals surface area (Å²) in [5.41, 5.74) is 2.02. The number of halogens is 1. The number of nitrogens with zero attached hydrogens (tertiary/aromatic N) is 2. The zero-order valence-electron chi connectivity index (χ0n) is 18.1. The van der Waals surface area contributed by atoms with Crippen molar-refractivity contribution in [3.63, 3.8) is 0 Å². The van der Waals surface area contributed by atoms with E-state index in [9.17, 15) is 19.1 Å². The third-order valence-electron chi connectivity index (χ3n) is 6.63. The summed E-state index contributed by atoms with van der Waals surface area (Å²) in [5.74, 6) is -0.622. The molecule has 2 aliphatic rings. The molecule has 0 radical (unpaired) electrons. The third-order valence-corrected chi connectivity index (χ3v) is 6.63. The maximum absolute atomic E-state index is 14.7. The molecule has 1 amide bonds. The summed E-state index contributed by atoms with van der Waals surface area (Å²) < 4.78 is 21.6. The summed E-state index contributed by atoms with van der Waals surface area (Å²) >= 11 is 0. The van der Waals surface area contributed by atoms with Crippen LogP contribution >= 0.6 is 0 Å². The van der Waals surface area contributed by atoms with Crippen LogP contribution in [0.3, 0.4) is 0 Å². The first-order chi connectivity index (χ1) is 16.0. The van der Waals surface area contributed by atoms with Crippen LogP contribution in [0.25, 0.3) is 10.9 Å². The number of hydrogen-bond acceptors (Lipinski definition) is 5. The minimum absolute atomic E-state index is 0.130. The topological polar surface area (TPSA) is 83.8 Å². The summed E-state index contributed by atoms with van der Waals surface area (Å²) in [6.45, 7) is 2.44. The lowest BCUT2D eigenvalue weighted by Gasteiger charge is -2.21. The number of likely N-dealkylation sites (tertiary alicyclic amines) is 1. The number of aliphatic hydroxyl groups is 1. The maximum atomic E-state index is 14.7. The molecule has 3 heterocycles. The SMILES string of the molecule is O=C(NC[C@H]1CN(CC2Cn3c(=O)ccc4ccc(F)c2c43)C[C@H]1O)OCc1ccccc1. The van der Waals surface area contributed by atoms with Gasteiger partial charge in [0, 0.05) is 56.2 Å². The van der Waals surface area contributed by atoms with Crippen LogP contribution in [0, 0.1) is 11.7 Å². The fourth-order valence-corrected chi connectivity index (χ4v) is 5.02. The number of benzene rings is 2. The first-order valence-electron chi connectivity index (χ1n) is 11.2. The number of hydrogen-bond donors (Lipinski definition) is 2. The molecule has 1 fully saturated rings. The molecule has 172 valence electrons.